The first-order chi connectivity index (χ1) is 10.2. The molecule has 0 amide bonds. The molecule has 0 aromatic carbocycles. The van der Waals surface area contributed by atoms with Crippen LogP contribution in [0, 0.1) is 11.8 Å². The van der Waals surface area contributed by atoms with Gasteiger partial charge in [-0.3, -0.25) is 5.10 Å². The lowest BCUT2D eigenvalue weighted by Gasteiger charge is -2.34. The summed E-state index contributed by atoms with van der Waals surface area (Å²) in [5.41, 5.74) is 6.16. The SMILES string of the molecule is CC1CCN(c2n[nH]c(CCC3CCCCC3)n2)CC1N. The maximum absolute atomic E-state index is 6.16. The molecule has 0 radical (unpaired) electrons. The number of nitrogens with one attached hydrogen (secondary N) is 1. The molecule has 0 spiro atoms. The van der Waals surface area contributed by atoms with Crippen molar-refractivity contribution in [2.75, 3.05) is 18.0 Å². The zero-order valence-corrected chi connectivity index (χ0v) is 13.2. The smallest absolute Gasteiger partial charge is 0.244 e. The molecular weight excluding hydrogens is 262 g/mol. The molecule has 21 heavy (non-hydrogen) atoms. The molecule has 1 aromatic rings. The Hall–Kier alpha value is -1.10. The van der Waals surface area contributed by atoms with Crippen molar-refractivity contribution in [3.05, 3.63) is 5.82 Å². The fourth-order valence-electron chi connectivity index (χ4n) is 3.64. The van der Waals surface area contributed by atoms with Gasteiger partial charge in [0, 0.05) is 25.6 Å². The third-order valence-electron chi connectivity index (χ3n) is 5.33. The van der Waals surface area contributed by atoms with E-state index in [9.17, 15) is 0 Å². The Morgan fingerprint density at radius 1 is 1.24 bits per heavy atom. The molecule has 1 aliphatic heterocycles. The Balaban J connectivity index is 1.51. The minimum atomic E-state index is 0.239. The van der Waals surface area contributed by atoms with Gasteiger partial charge in [0.1, 0.15) is 5.82 Å². The zero-order valence-electron chi connectivity index (χ0n) is 13.2. The third-order valence-corrected chi connectivity index (χ3v) is 5.33. The zero-order chi connectivity index (χ0) is 14.7. The number of aryl methyl sites for hydroxylation is 1. The minimum absolute atomic E-state index is 0.239. The second-order valence-electron chi connectivity index (χ2n) is 7.00. The molecule has 2 heterocycles. The minimum Gasteiger partial charge on any atom is -0.338 e. The molecule has 2 atom stereocenters. The van der Waals surface area contributed by atoms with Crippen molar-refractivity contribution >= 4 is 5.95 Å². The quantitative estimate of drug-likeness (QED) is 0.894. The van der Waals surface area contributed by atoms with Gasteiger partial charge in [0.2, 0.25) is 5.95 Å². The average molecular weight is 291 g/mol. The van der Waals surface area contributed by atoms with Crippen LogP contribution in [0.25, 0.3) is 0 Å². The number of H-pyrrole nitrogens is 1. The maximum atomic E-state index is 6.16. The van der Waals surface area contributed by atoms with Gasteiger partial charge >= 0.3 is 0 Å². The Morgan fingerprint density at radius 2 is 2.05 bits per heavy atom. The van der Waals surface area contributed by atoms with Crippen LogP contribution in [-0.2, 0) is 6.42 Å². The van der Waals surface area contributed by atoms with Crippen molar-refractivity contribution in [3.8, 4) is 0 Å². The van der Waals surface area contributed by atoms with Gasteiger partial charge in [-0.15, -0.1) is 5.10 Å². The number of aromatic nitrogens is 3. The van der Waals surface area contributed by atoms with Gasteiger partial charge in [0.15, 0.2) is 0 Å². The lowest BCUT2D eigenvalue weighted by atomic mass is 9.86. The summed E-state index contributed by atoms with van der Waals surface area (Å²) in [5, 5.41) is 7.52. The number of nitrogens with two attached hydrogens (primary N) is 1. The lowest BCUT2D eigenvalue weighted by Crippen LogP contribution is -2.48. The van der Waals surface area contributed by atoms with Crippen LogP contribution in [0.2, 0.25) is 0 Å². The highest BCUT2D eigenvalue weighted by atomic mass is 15.4. The molecule has 3 N–H and O–H groups in total. The molecule has 1 aromatic heterocycles. The maximum Gasteiger partial charge on any atom is 0.244 e. The van der Waals surface area contributed by atoms with Gasteiger partial charge in [-0.1, -0.05) is 39.0 Å². The molecule has 118 valence electrons. The van der Waals surface area contributed by atoms with Crippen molar-refractivity contribution in [1.29, 1.82) is 0 Å². The van der Waals surface area contributed by atoms with Crippen LogP contribution in [0.1, 0.15) is 57.7 Å². The molecule has 5 heteroatoms. The van der Waals surface area contributed by atoms with Gasteiger partial charge in [-0.25, -0.2) is 0 Å². The Morgan fingerprint density at radius 3 is 2.81 bits per heavy atom. The number of hydrogen-bond acceptors (Lipinski definition) is 4. The first kappa shape index (κ1) is 14.8. The molecule has 5 nitrogen and oxygen atoms in total. The fourth-order valence-corrected chi connectivity index (χ4v) is 3.64. The van der Waals surface area contributed by atoms with Gasteiger partial charge < -0.3 is 10.6 Å². The number of piperidine rings is 1. The van der Waals surface area contributed by atoms with Crippen LogP contribution in [-0.4, -0.2) is 34.3 Å². The summed E-state index contributed by atoms with van der Waals surface area (Å²) in [6, 6.07) is 0.239. The highest BCUT2D eigenvalue weighted by Crippen LogP contribution is 2.27. The molecule has 0 bridgehead atoms. The van der Waals surface area contributed by atoms with Crippen LogP contribution >= 0.6 is 0 Å². The molecule has 1 saturated carbocycles. The normalized spacial score (nSPS) is 28.0. The Labute approximate surface area is 127 Å². The summed E-state index contributed by atoms with van der Waals surface area (Å²) in [7, 11) is 0. The number of hydrogen-bond donors (Lipinski definition) is 2. The average Bonchev–Trinajstić information content (AvgIpc) is 2.98. The fraction of sp³-hybridized carbons (Fsp3) is 0.875. The van der Waals surface area contributed by atoms with Crippen LogP contribution in [0.4, 0.5) is 5.95 Å². The molecule has 2 unspecified atom stereocenters. The van der Waals surface area contributed by atoms with E-state index in [0.29, 0.717) is 5.92 Å². The number of anilines is 1. The van der Waals surface area contributed by atoms with Crippen molar-refractivity contribution < 1.29 is 0 Å². The molecule has 1 aliphatic carbocycles. The van der Waals surface area contributed by atoms with Crippen LogP contribution in [0.15, 0.2) is 0 Å². The number of rotatable bonds is 4. The van der Waals surface area contributed by atoms with E-state index >= 15 is 0 Å². The highest BCUT2D eigenvalue weighted by Gasteiger charge is 2.25. The molecule has 3 rings (SSSR count). The third kappa shape index (κ3) is 3.76. The van der Waals surface area contributed by atoms with Crippen molar-refractivity contribution in [1.82, 2.24) is 15.2 Å². The van der Waals surface area contributed by atoms with E-state index in [1.165, 1.54) is 38.5 Å². The van der Waals surface area contributed by atoms with E-state index in [2.05, 4.69) is 27.0 Å². The molecule has 2 fully saturated rings. The van der Waals surface area contributed by atoms with E-state index < -0.39 is 0 Å². The summed E-state index contributed by atoms with van der Waals surface area (Å²) in [4.78, 5) is 6.91. The topological polar surface area (TPSA) is 70.8 Å². The lowest BCUT2D eigenvalue weighted by molar-refractivity contribution is 0.337. The van der Waals surface area contributed by atoms with Crippen LogP contribution in [0.3, 0.4) is 0 Å². The second-order valence-corrected chi connectivity index (χ2v) is 7.00. The summed E-state index contributed by atoms with van der Waals surface area (Å²) < 4.78 is 0. The predicted octanol–water partition coefficient (Wildman–Crippen LogP) is 2.49. The van der Waals surface area contributed by atoms with Gasteiger partial charge in [-0.2, -0.15) is 4.98 Å². The van der Waals surface area contributed by atoms with Crippen LogP contribution in [0.5, 0.6) is 0 Å². The van der Waals surface area contributed by atoms with Crippen molar-refractivity contribution in [3.63, 3.8) is 0 Å². The first-order valence-electron chi connectivity index (χ1n) is 8.64. The van der Waals surface area contributed by atoms with Gasteiger partial charge in [-0.05, 0) is 24.7 Å². The van der Waals surface area contributed by atoms with Gasteiger partial charge in [0.25, 0.3) is 0 Å². The van der Waals surface area contributed by atoms with Gasteiger partial charge in [0.05, 0.1) is 0 Å². The monoisotopic (exact) mass is 291 g/mol. The molecule has 2 aliphatic rings. The van der Waals surface area contributed by atoms with E-state index in [-0.39, 0.29) is 6.04 Å². The van der Waals surface area contributed by atoms with E-state index in [1.807, 2.05) is 0 Å². The van der Waals surface area contributed by atoms with Crippen LogP contribution < -0.4 is 10.6 Å². The van der Waals surface area contributed by atoms with Crippen molar-refractivity contribution in [2.24, 2.45) is 17.6 Å². The Bertz CT molecular complexity index is 438. The summed E-state index contributed by atoms with van der Waals surface area (Å²) >= 11 is 0. The first-order valence-corrected chi connectivity index (χ1v) is 8.64. The van der Waals surface area contributed by atoms with Crippen molar-refractivity contribution in [2.45, 2.75) is 64.3 Å². The predicted molar refractivity (Wildman–Crippen MR) is 85.2 cm³/mol. The van der Waals surface area contributed by atoms with E-state index in [4.69, 9.17) is 5.73 Å². The Kier molecular flexibility index (Phi) is 4.78. The number of aromatic amines is 1. The number of nitrogens with zero attached hydrogens (tertiary/aromatic N) is 3. The molecule has 1 saturated heterocycles. The standard InChI is InChI=1S/C16H29N5/c1-12-9-10-21(11-14(12)17)16-18-15(19-20-16)8-7-13-5-3-2-4-6-13/h12-14H,2-11,17H2,1H3,(H,18,19,20). The summed E-state index contributed by atoms with van der Waals surface area (Å²) in [5.74, 6) is 3.39. The summed E-state index contributed by atoms with van der Waals surface area (Å²) in [6.45, 7) is 4.13. The van der Waals surface area contributed by atoms with E-state index in [0.717, 1.165) is 43.6 Å². The largest absolute Gasteiger partial charge is 0.338 e. The highest BCUT2D eigenvalue weighted by molar-refractivity contribution is 5.30. The summed E-state index contributed by atoms with van der Waals surface area (Å²) in [6.07, 6.45) is 10.5. The second kappa shape index (κ2) is 6.77. The molecular formula is C16H29N5. The van der Waals surface area contributed by atoms with E-state index in [1.54, 1.807) is 0 Å².